The van der Waals surface area contributed by atoms with E-state index in [0.717, 1.165) is 16.3 Å². The Bertz CT molecular complexity index is 780. The van der Waals surface area contributed by atoms with Crippen LogP contribution in [0.2, 0.25) is 0 Å². The third kappa shape index (κ3) is 3.48. The molecule has 118 valence electrons. The molecule has 23 heavy (non-hydrogen) atoms. The number of benzene rings is 1. The highest BCUT2D eigenvalue weighted by Gasteiger charge is 2.21. The van der Waals surface area contributed by atoms with E-state index in [-0.39, 0.29) is 18.4 Å². The minimum atomic E-state index is -0.297. The molecule has 0 radical (unpaired) electrons. The fourth-order valence-corrected chi connectivity index (χ4v) is 3.22. The van der Waals surface area contributed by atoms with Crippen molar-refractivity contribution in [2.75, 3.05) is 11.9 Å². The molecule has 1 aromatic carbocycles. The van der Waals surface area contributed by atoms with Crippen molar-refractivity contribution < 1.29 is 14.3 Å². The number of anilines is 1. The number of nitrogens with zero attached hydrogens (tertiary/aromatic N) is 1. The molecule has 1 aliphatic heterocycles. The summed E-state index contributed by atoms with van der Waals surface area (Å²) in [6.45, 7) is 2.26. The van der Waals surface area contributed by atoms with Gasteiger partial charge < -0.3 is 14.6 Å². The molecule has 1 aliphatic rings. The second kappa shape index (κ2) is 6.75. The molecule has 1 N–H and O–H groups in total. The molecule has 2 heterocycles. The number of nitrogens with one attached hydrogen (secondary N) is 1. The van der Waals surface area contributed by atoms with Gasteiger partial charge in [-0.2, -0.15) is 0 Å². The van der Waals surface area contributed by atoms with Crippen molar-refractivity contribution in [2.45, 2.75) is 18.4 Å². The summed E-state index contributed by atoms with van der Waals surface area (Å²) >= 11 is 1.42. The highest BCUT2D eigenvalue weighted by Crippen LogP contribution is 2.38. The van der Waals surface area contributed by atoms with Crippen molar-refractivity contribution in [3.05, 3.63) is 53.2 Å². The number of amides is 1. The molecule has 2 aromatic rings. The topological polar surface area (TPSA) is 60.3 Å². The zero-order chi connectivity index (χ0) is 16.2. The van der Waals surface area contributed by atoms with Gasteiger partial charge in [-0.25, -0.2) is 0 Å². The first kappa shape index (κ1) is 15.4. The fourth-order valence-electron chi connectivity index (χ4n) is 2.29. The summed E-state index contributed by atoms with van der Waals surface area (Å²) in [7, 11) is 0. The Morgan fingerprint density at radius 3 is 2.96 bits per heavy atom. The predicted octanol–water partition coefficient (Wildman–Crippen LogP) is 3.14. The van der Waals surface area contributed by atoms with Gasteiger partial charge in [0.15, 0.2) is 0 Å². The van der Waals surface area contributed by atoms with Gasteiger partial charge >= 0.3 is 5.97 Å². The van der Waals surface area contributed by atoms with Gasteiger partial charge in [-0.15, -0.1) is 0 Å². The summed E-state index contributed by atoms with van der Waals surface area (Å²) in [6.07, 6.45) is 3.58. The first-order valence-electron chi connectivity index (χ1n) is 7.28. The predicted molar refractivity (Wildman–Crippen MR) is 90.0 cm³/mol. The molecule has 0 atom stereocenters. The summed E-state index contributed by atoms with van der Waals surface area (Å²) in [4.78, 5) is 25.4. The van der Waals surface area contributed by atoms with Crippen molar-refractivity contribution in [3.8, 4) is 0 Å². The molecule has 6 heteroatoms. The smallest absolute Gasteiger partial charge is 0.325 e. The average molecular weight is 328 g/mol. The molecule has 1 aromatic heterocycles. The molecule has 0 spiro atoms. The third-order valence-corrected chi connectivity index (χ3v) is 4.43. The molecule has 0 saturated heterocycles. The number of fused-ring (bicyclic) bond motifs is 1. The number of hydrogen-bond donors (Lipinski definition) is 1. The van der Waals surface area contributed by atoms with E-state index in [9.17, 15) is 9.59 Å². The van der Waals surface area contributed by atoms with Gasteiger partial charge in [0.05, 0.1) is 17.2 Å². The quantitative estimate of drug-likeness (QED) is 0.692. The van der Waals surface area contributed by atoms with Crippen molar-refractivity contribution in [2.24, 2.45) is 0 Å². The van der Waals surface area contributed by atoms with Crippen molar-refractivity contribution in [3.63, 3.8) is 0 Å². The summed E-state index contributed by atoms with van der Waals surface area (Å²) < 4.78 is 6.73. The number of carbonyl (C=O) groups excluding carboxylic acids is 2. The van der Waals surface area contributed by atoms with Gasteiger partial charge in [0.1, 0.15) is 6.54 Å². The normalized spacial score (nSPS) is 15.2. The van der Waals surface area contributed by atoms with Crippen LogP contribution in [-0.4, -0.2) is 23.1 Å². The SMILES string of the molecule is CCOC(=O)Cn1cccc1/C=C1\Sc2ccccc2NC1=O. The molecule has 3 rings (SSSR count). The molecular formula is C17H16N2O3S. The van der Waals surface area contributed by atoms with E-state index in [1.54, 1.807) is 23.8 Å². The number of aromatic nitrogens is 1. The van der Waals surface area contributed by atoms with Crippen LogP contribution in [0, 0.1) is 0 Å². The van der Waals surface area contributed by atoms with Crippen LogP contribution in [0.4, 0.5) is 5.69 Å². The maximum absolute atomic E-state index is 12.2. The van der Waals surface area contributed by atoms with Crippen molar-refractivity contribution in [1.29, 1.82) is 0 Å². The average Bonchev–Trinajstić information content (AvgIpc) is 2.95. The van der Waals surface area contributed by atoms with Gasteiger partial charge in [0, 0.05) is 16.8 Å². The first-order valence-corrected chi connectivity index (χ1v) is 8.09. The number of rotatable bonds is 4. The Labute approximate surface area is 138 Å². The third-order valence-electron chi connectivity index (χ3n) is 3.33. The molecule has 0 bridgehead atoms. The van der Waals surface area contributed by atoms with Crippen LogP contribution in [0.25, 0.3) is 6.08 Å². The molecule has 0 unspecified atom stereocenters. The van der Waals surface area contributed by atoms with Gasteiger partial charge in [0.2, 0.25) is 0 Å². The summed E-state index contributed by atoms with van der Waals surface area (Å²) in [5.74, 6) is -0.438. The lowest BCUT2D eigenvalue weighted by molar-refractivity contribution is -0.143. The number of thioether (sulfide) groups is 1. The van der Waals surface area contributed by atoms with Crippen LogP contribution in [-0.2, 0) is 20.9 Å². The maximum atomic E-state index is 12.2. The number of ether oxygens (including phenoxy) is 1. The molecule has 1 amide bonds. The molecule has 0 saturated carbocycles. The number of esters is 1. The highest BCUT2D eigenvalue weighted by atomic mass is 32.2. The van der Waals surface area contributed by atoms with E-state index in [1.165, 1.54) is 11.8 Å². The summed E-state index contributed by atoms with van der Waals surface area (Å²) in [6, 6.07) is 11.4. The second-order valence-electron chi connectivity index (χ2n) is 4.93. The lowest BCUT2D eigenvalue weighted by atomic mass is 10.3. The van der Waals surface area contributed by atoms with Gasteiger partial charge in [-0.05, 0) is 37.3 Å². The van der Waals surface area contributed by atoms with Crippen molar-refractivity contribution in [1.82, 2.24) is 4.57 Å². The van der Waals surface area contributed by atoms with Crippen LogP contribution in [0.1, 0.15) is 12.6 Å². The zero-order valence-corrected chi connectivity index (χ0v) is 13.4. The Kier molecular flexibility index (Phi) is 4.52. The molecule has 5 nitrogen and oxygen atoms in total. The van der Waals surface area contributed by atoms with Gasteiger partial charge in [-0.3, -0.25) is 9.59 Å². The van der Waals surface area contributed by atoms with Gasteiger partial charge in [0.25, 0.3) is 5.91 Å². The monoisotopic (exact) mass is 328 g/mol. The molecule has 0 aliphatic carbocycles. The van der Waals surface area contributed by atoms with E-state index < -0.39 is 0 Å². The van der Waals surface area contributed by atoms with Crippen LogP contribution in [0.15, 0.2) is 52.4 Å². The van der Waals surface area contributed by atoms with E-state index in [4.69, 9.17) is 4.74 Å². The Morgan fingerprint density at radius 1 is 1.30 bits per heavy atom. The minimum Gasteiger partial charge on any atom is -0.465 e. The van der Waals surface area contributed by atoms with Crippen molar-refractivity contribution >= 4 is 35.4 Å². The largest absolute Gasteiger partial charge is 0.465 e. The Morgan fingerprint density at radius 2 is 2.13 bits per heavy atom. The Hall–Kier alpha value is -2.47. The first-order chi connectivity index (χ1) is 11.2. The Balaban J connectivity index is 1.84. The lowest BCUT2D eigenvalue weighted by Crippen LogP contribution is -2.18. The number of para-hydroxylation sites is 1. The van der Waals surface area contributed by atoms with Crippen LogP contribution >= 0.6 is 11.8 Å². The van der Waals surface area contributed by atoms with E-state index in [0.29, 0.717) is 11.5 Å². The molecular weight excluding hydrogens is 312 g/mol. The van der Waals surface area contributed by atoms with Crippen LogP contribution in [0.5, 0.6) is 0 Å². The zero-order valence-electron chi connectivity index (χ0n) is 12.6. The number of carbonyl (C=O) groups is 2. The van der Waals surface area contributed by atoms with E-state index in [1.807, 2.05) is 36.4 Å². The summed E-state index contributed by atoms with van der Waals surface area (Å²) in [5.41, 5.74) is 1.61. The lowest BCUT2D eigenvalue weighted by Gasteiger charge is -2.18. The standard InChI is InChI=1S/C17H16N2O3S/c1-2-22-16(20)11-19-9-5-6-12(19)10-15-17(21)18-13-7-3-4-8-14(13)23-15/h3-10H,2,11H2,1H3,(H,18,21)/b15-10-. The maximum Gasteiger partial charge on any atom is 0.325 e. The van der Waals surface area contributed by atoms with Crippen LogP contribution < -0.4 is 5.32 Å². The fraction of sp³-hybridized carbons (Fsp3) is 0.176. The van der Waals surface area contributed by atoms with Crippen LogP contribution in [0.3, 0.4) is 0 Å². The second-order valence-corrected chi connectivity index (χ2v) is 6.01. The number of hydrogen-bond acceptors (Lipinski definition) is 4. The highest BCUT2D eigenvalue weighted by molar-refractivity contribution is 8.04. The minimum absolute atomic E-state index is 0.128. The van der Waals surface area contributed by atoms with Gasteiger partial charge in [-0.1, -0.05) is 23.9 Å². The summed E-state index contributed by atoms with van der Waals surface area (Å²) in [5, 5.41) is 2.87. The molecule has 0 fully saturated rings. The van der Waals surface area contributed by atoms with E-state index in [2.05, 4.69) is 5.32 Å². The van der Waals surface area contributed by atoms with E-state index >= 15 is 0 Å².